The van der Waals surface area contributed by atoms with Gasteiger partial charge < -0.3 is 8.83 Å². The van der Waals surface area contributed by atoms with Gasteiger partial charge in [-0.15, -0.1) is 10.2 Å². The SMILES string of the molecule is N#CCSc1nnc(-c2ccco2)c(-c2ccco2)n1. The van der Waals surface area contributed by atoms with Crippen molar-refractivity contribution in [1.82, 2.24) is 15.2 Å². The third-order valence-corrected chi connectivity index (χ3v) is 3.15. The van der Waals surface area contributed by atoms with Gasteiger partial charge >= 0.3 is 0 Å². The van der Waals surface area contributed by atoms with Crippen LogP contribution in [0.4, 0.5) is 0 Å². The van der Waals surface area contributed by atoms with Crippen LogP contribution in [0.15, 0.2) is 50.8 Å². The van der Waals surface area contributed by atoms with Crippen LogP contribution in [-0.4, -0.2) is 20.9 Å². The smallest absolute Gasteiger partial charge is 0.210 e. The molecule has 0 atom stereocenters. The van der Waals surface area contributed by atoms with Gasteiger partial charge in [0, 0.05) is 0 Å². The Kier molecular flexibility index (Phi) is 3.48. The zero-order chi connectivity index (χ0) is 13.8. The molecule has 0 radical (unpaired) electrons. The standard InChI is InChI=1S/C13H8N4O2S/c14-5-8-20-13-15-11(9-3-1-6-18-9)12(16-17-13)10-4-2-7-19-10/h1-4,6-7H,8H2. The van der Waals surface area contributed by atoms with E-state index in [1.165, 1.54) is 11.8 Å². The Morgan fingerprint density at radius 1 is 1.05 bits per heavy atom. The first-order valence-corrected chi connectivity index (χ1v) is 6.69. The molecule has 20 heavy (non-hydrogen) atoms. The van der Waals surface area contributed by atoms with Crippen molar-refractivity contribution >= 4 is 11.8 Å². The maximum atomic E-state index is 8.61. The van der Waals surface area contributed by atoms with Crippen molar-refractivity contribution in [2.45, 2.75) is 5.16 Å². The van der Waals surface area contributed by atoms with Gasteiger partial charge in [-0.25, -0.2) is 4.98 Å². The molecule has 0 fully saturated rings. The second-order valence-corrected chi connectivity index (χ2v) is 4.64. The summed E-state index contributed by atoms with van der Waals surface area (Å²) in [6, 6.07) is 9.13. The van der Waals surface area contributed by atoms with Gasteiger partial charge in [0.05, 0.1) is 24.3 Å². The lowest BCUT2D eigenvalue weighted by molar-refractivity contribution is 0.567. The molecule has 0 spiro atoms. The van der Waals surface area contributed by atoms with Gasteiger partial charge in [0.25, 0.3) is 0 Å². The Bertz CT molecular complexity index is 732. The average Bonchev–Trinajstić information content (AvgIpc) is 3.17. The zero-order valence-corrected chi connectivity index (χ0v) is 11.0. The first-order chi connectivity index (χ1) is 9.88. The highest BCUT2D eigenvalue weighted by molar-refractivity contribution is 7.99. The molecule has 0 saturated carbocycles. The minimum absolute atomic E-state index is 0.263. The zero-order valence-electron chi connectivity index (χ0n) is 10.2. The first-order valence-electron chi connectivity index (χ1n) is 5.70. The fourth-order valence-corrected chi connectivity index (χ4v) is 2.08. The Balaban J connectivity index is 2.08. The van der Waals surface area contributed by atoms with Crippen LogP contribution in [0, 0.1) is 11.3 Å². The van der Waals surface area contributed by atoms with Crippen LogP contribution < -0.4 is 0 Å². The lowest BCUT2D eigenvalue weighted by atomic mass is 10.2. The fourth-order valence-electron chi connectivity index (χ4n) is 1.63. The van der Waals surface area contributed by atoms with Crippen LogP contribution in [0.5, 0.6) is 0 Å². The number of nitrogens with zero attached hydrogens (tertiary/aromatic N) is 4. The summed E-state index contributed by atoms with van der Waals surface area (Å²) in [6.45, 7) is 0. The van der Waals surface area contributed by atoms with Crippen molar-refractivity contribution in [2.75, 3.05) is 5.75 Å². The molecule has 3 aromatic heterocycles. The normalized spacial score (nSPS) is 10.3. The topological polar surface area (TPSA) is 88.7 Å². The van der Waals surface area contributed by atoms with Crippen LogP contribution in [-0.2, 0) is 0 Å². The van der Waals surface area contributed by atoms with Crippen molar-refractivity contribution in [3.63, 3.8) is 0 Å². The molecule has 0 saturated heterocycles. The molecule has 0 bridgehead atoms. The number of thioether (sulfide) groups is 1. The van der Waals surface area contributed by atoms with Crippen LogP contribution in [0.1, 0.15) is 0 Å². The van der Waals surface area contributed by atoms with Crippen molar-refractivity contribution in [3.05, 3.63) is 36.8 Å². The van der Waals surface area contributed by atoms with E-state index in [1.807, 2.05) is 6.07 Å². The van der Waals surface area contributed by atoms with Gasteiger partial charge in [0.1, 0.15) is 5.69 Å². The minimum atomic E-state index is 0.263. The third kappa shape index (κ3) is 2.41. The summed E-state index contributed by atoms with van der Waals surface area (Å²) >= 11 is 1.22. The highest BCUT2D eigenvalue weighted by atomic mass is 32.2. The van der Waals surface area contributed by atoms with E-state index in [0.717, 1.165) is 0 Å². The molecule has 3 rings (SSSR count). The third-order valence-electron chi connectivity index (χ3n) is 2.44. The molecule has 98 valence electrons. The van der Waals surface area contributed by atoms with Crippen LogP contribution in [0.3, 0.4) is 0 Å². The fraction of sp³-hybridized carbons (Fsp3) is 0.0769. The van der Waals surface area contributed by atoms with Crippen LogP contribution in [0.2, 0.25) is 0 Å². The van der Waals surface area contributed by atoms with Gasteiger partial charge in [0.15, 0.2) is 17.2 Å². The van der Waals surface area contributed by atoms with E-state index in [0.29, 0.717) is 28.1 Å². The Morgan fingerprint density at radius 3 is 2.35 bits per heavy atom. The van der Waals surface area contributed by atoms with Gasteiger partial charge in [-0.3, -0.25) is 0 Å². The molecule has 0 aliphatic rings. The highest BCUT2D eigenvalue weighted by Crippen LogP contribution is 2.30. The predicted molar refractivity (Wildman–Crippen MR) is 71.6 cm³/mol. The lowest BCUT2D eigenvalue weighted by Gasteiger charge is -2.04. The molecule has 0 aromatic carbocycles. The Labute approximate surface area is 118 Å². The summed E-state index contributed by atoms with van der Waals surface area (Å²) in [5.41, 5.74) is 1.05. The van der Waals surface area contributed by atoms with Crippen LogP contribution >= 0.6 is 11.8 Å². The number of hydrogen-bond acceptors (Lipinski definition) is 7. The molecule has 3 heterocycles. The molecule has 0 amide bonds. The van der Waals surface area contributed by atoms with Gasteiger partial charge in [-0.2, -0.15) is 5.26 Å². The molecule has 7 heteroatoms. The van der Waals surface area contributed by atoms with Crippen molar-refractivity contribution < 1.29 is 8.83 Å². The van der Waals surface area contributed by atoms with Crippen molar-refractivity contribution in [2.24, 2.45) is 0 Å². The molecular weight excluding hydrogens is 276 g/mol. The van der Waals surface area contributed by atoms with E-state index in [-0.39, 0.29) is 5.75 Å². The minimum Gasteiger partial charge on any atom is -0.463 e. The number of rotatable bonds is 4. The maximum Gasteiger partial charge on any atom is 0.210 e. The lowest BCUT2D eigenvalue weighted by Crippen LogP contribution is -1.98. The van der Waals surface area contributed by atoms with E-state index in [2.05, 4.69) is 15.2 Å². The first kappa shape index (κ1) is 12.4. The second kappa shape index (κ2) is 5.59. The number of nitriles is 1. The summed E-state index contributed by atoms with van der Waals surface area (Å²) in [5, 5.41) is 17.2. The summed E-state index contributed by atoms with van der Waals surface area (Å²) in [5.74, 6) is 1.40. The van der Waals surface area contributed by atoms with E-state index >= 15 is 0 Å². The van der Waals surface area contributed by atoms with Crippen LogP contribution in [0.25, 0.3) is 22.9 Å². The van der Waals surface area contributed by atoms with Crippen molar-refractivity contribution in [3.8, 4) is 29.0 Å². The molecule has 0 aliphatic heterocycles. The largest absolute Gasteiger partial charge is 0.463 e. The summed E-state index contributed by atoms with van der Waals surface area (Å²) in [6.07, 6.45) is 3.12. The van der Waals surface area contributed by atoms with Gasteiger partial charge in [-0.1, -0.05) is 11.8 Å². The van der Waals surface area contributed by atoms with Gasteiger partial charge in [-0.05, 0) is 24.3 Å². The number of furan rings is 2. The molecule has 0 aliphatic carbocycles. The molecule has 0 unspecified atom stereocenters. The summed E-state index contributed by atoms with van der Waals surface area (Å²) in [4.78, 5) is 4.39. The van der Waals surface area contributed by atoms with Crippen molar-refractivity contribution in [1.29, 1.82) is 5.26 Å². The molecule has 0 N–H and O–H groups in total. The van der Waals surface area contributed by atoms with Gasteiger partial charge in [0.2, 0.25) is 5.16 Å². The maximum absolute atomic E-state index is 8.61. The van der Waals surface area contributed by atoms with E-state index in [9.17, 15) is 0 Å². The molecular formula is C13H8N4O2S. The second-order valence-electron chi connectivity index (χ2n) is 3.69. The quantitative estimate of drug-likeness (QED) is 0.680. The highest BCUT2D eigenvalue weighted by Gasteiger charge is 2.17. The summed E-state index contributed by atoms with van der Waals surface area (Å²) in [7, 11) is 0. The predicted octanol–water partition coefficient (Wildman–Crippen LogP) is 3.01. The molecule has 3 aromatic rings. The summed E-state index contributed by atoms with van der Waals surface area (Å²) < 4.78 is 10.7. The number of hydrogen-bond donors (Lipinski definition) is 0. The van der Waals surface area contributed by atoms with E-state index in [4.69, 9.17) is 14.1 Å². The average molecular weight is 284 g/mol. The Morgan fingerprint density at radius 2 is 1.75 bits per heavy atom. The van der Waals surface area contributed by atoms with E-state index in [1.54, 1.807) is 36.8 Å². The number of aromatic nitrogens is 3. The van der Waals surface area contributed by atoms with E-state index < -0.39 is 0 Å². The Hall–Kier alpha value is -2.59. The molecule has 6 nitrogen and oxygen atoms in total. The monoisotopic (exact) mass is 284 g/mol.